The van der Waals surface area contributed by atoms with Crippen molar-refractivity contribution in [2.45, 2.75) is 26.3 Å². The molecule has 1 aliphatic rings. The van der Waals surface area contributed by atoms with Crippen molar-refractivity contribution in [2.24, 2.45) is 0 Å². The Labute approximate surface area is 216 Å². The molecule has 3 aromatic rings. The molecule has 0 bridgehead atoms. The molecule has 1 aromatic heterocycles. The smallest absolute Gasteiger partial charge is 0.338 e. The average Bonchev–Trinajstić information content (AvgIpc) is 3.41. The van der Waals surface area contributed by atoms with E-state index >= 15 is 0 Å². The van der Waals surface area contributed by atoms with Crippen LogP contribution in [0.5, 0.6) is 0 Å². The van der Waals surface area contributed by atoms with Crippen molar-refractivity contribution in [2.75, 3.05) is 6.61 Å². The van der Waals surface area contributed by atoms with Gasteiger partial charge in [-0.05, 0) is 54.6 Å². The lowest BCUT2D eigenvalue weighted by molar-refractivity contribution is -0.123. The maximum Gasteiger partial charge on any atom is 0.338 e. The zero-order chi connectivity index (χ0) is 24.9. The monoisotopic (exact) mass is 529 g/mol. The van der Waals surface area contributed by atoms with E-state index in [4.69, 9.17) is 32.4 Å². The molecular formula is C26H21Cl2NO5S. The zero-order valence-corrected chi connectivity index (χ0v) is 21.1. The molecule has 1 saturated heterocycles. The summed E-state index contributed by atoms with van der Waals surface area (Å²) in [6.07, 6.45) is 3.31. The second-order valence-corrected chi connectivity index (χ2v) is 9.54. The number of unbranched alkanes of at least 4 members (excludes halogenated alkanes) is 1. The van der Waals surface area contributed by atoms with E-state index in [9.17, 15) is 14.4 Å². The first kappa shape index (κ1) is 25.1. The molecule has 2 aromatic carbocycles. The molecule has 180 valence electrons. The van der Waals surface area contributed by atoms with Gasteiger partial charge in [0, 0.05) is 27.2 Å². The fourth-order valence-corrected chi connectivity index (χ4v) is 4.69. The van der Waals surface area contributed by atoms with E-state index in [0.717, 1.165) is 35.1 Å². The number of furan rings is 1. The molecule has 0 unspecified atom stereocenters. The zero-order valence-electron chi connectivity index (χ0n) is 18.8. The van der Waals surface area contributed by atoms with Crippen molar-refractivity contribution in [1.29, 1.82) is 0 Å². The first-order valence-electron chi connectivity index (χ1n) is 10.9. The summed E-state index contributed by atoms with van der Waals surface area (Å²) in [4.78, 5) is 38.8. The third kappa shape index (κ3) is 5.81. The number of thioether (sulfide) groups is 1. The summed E-state index contributed by atoms with van der Waals surface area (Å²) >= 11 is 13.2. The quantitative estimate of drug-likeness (QED) is 0.171. The van der Waals surface area contributed by atoms with E-state index in [1.54, 1.807) is 54.6 Å². The van der Waals surface area contributed by atoms with Crippen LogP contribution < -0.4 is 0 Å². The number of halogens is 2. The topological polar surface area (TPSA) is 76.8 Å². The van der Waals surface area contributed by atoms with Crippen LogP contribution >= 0.6 is 35.0 Å². The number of carbonyl (C=O) groups is 3. The van der Waals surface area contributed by atoms with Crippen molar-refractivity contribution in [3.05, 3.63) is 86.4 Å². The Hall–Kier alpha value is -3.00. The van der Waals surface area contributed by atoms with Gasteiger partial charge < -0.3 is 9.15 Å². The minimum absolute atomic E-state index is 0.0167. The third-order valence-corrected chi connectivity index (χ3v) is 6.90. The highest BCUT2D eigenvalue weighted by molar-refractivity contribution is 8.18. The highest BCUT2D eigenvalue weighted by Crippen LogP contribution is 2.36. The first-order valence-corrected chi connectivity index (χ1v) is 12.5. The van der Waals surface area contributed by atoms with Crippen LogP contribution in [-0.4, -0.2) is 28.6 Å². The molecule has 1 fully saturated rings. The van der Waals surface area contributed by atoms with E-state index in [1.165, 1.54) is 6.08 Å². The lowest BCUT2D eigenvalue weighted by Crippen LogP contribution is -2.27. The minimum atomic E-state index is -0.445. The van der Waals surface area contributed by atoms with Gasteiger partial charge in [-0.25, -0.2) is 4.79 Å². The van der Waals surface area contributed by atoms with E-state index in [2.05, 4.69) is 0 Å². The van der Waals surface area contributed by atoms with Gasteiger partial charge in [-0.2, -0.15) is 0 Å². The summed E-state index contributed by atoms with van der Waals surface area (Å²) in [5.74, 6) is 0.173. The van der Waals surface area contributed by atoms with E-state index in [1.807, 2.05) is 6.92 Å². The maximum absolute atomic E-state index is 12.9. The second kappa shape index (κ2) is 11.2. The van der Waals surface area contributed by atoms with Crippen LogP contribution in [0.3, 0.4) is 0 Å². The molecule has 6 nitrogen and oxygen atoms in total. The molecule has 35 heavy (non-hydrogen) atoms. The van der Waals surface area contributed by atoms with E-state index < -0.39 is 11.1 Å². The van der Waals surface area contributed by atoms with Gasteiger partial charge in [-0.15, -0.1) is 0 Å². The number of amides is 2. The molecule has 0 atom stereocenters. The molecule has 1 aliphatic heterocycles. The normalized spacial score (nSPS) is 14.7. The standard InChI is InChI=1S/C26H21Cl2NO5S/c1-2-3-13-33-25(31)17-9-7-16(8-10-17)22-12-11-18(34-22)14-23-24(30)29(26(32)35-23)15-19-20(27)5-4-6-21(19)28/h4-12,14H,2-3,13,15H2,1H3/b23-14+. The Kier molecular flexibility index (Phi) is 8.00. The van der Waals surface area contributed by atoms with Gasteiger partial charge in [0.2, 0.25) is 0 Å². The van der Waals surface area contributed by atoms with Gasteiger partial charge in [0.15, 0.2) is 0 Å². The summed E-state index contributed by atoms with van der Waals surface area (Å²) in [6.45, 7) is 2.41. The lowest BCUT2D eigenvalue weighted by atomic mass is 10.1. The Balaban J connectivity index is 1.46. The van der Waals surface area contributed by atoms with E-state index in [0.29, 0.717) is 39.3 Å². The fraction of sp³-hybridized carbons (Fsp3) is 0.192. The number of rotatable bonds is 8. The number of esters is 1. The second-order valence-electron chi connectivity index (χ2n) is 7.74. The van der Waals surface area contributed by atoms with Gasteiger partial charge in [-0.3, -0.25) is 14.5 Å². The molecule has 0 aliphatic carbocycles. The van der Waals surface area contributed by atoms with Crippen LogP contribution in [0.15, 0.2) is 63.9 Å². The van der Waals surface area contributed by atoms with Crippen LogP contribution in [0.4, 0.5) is 4.79 Å². The summed E-state index contributed by atoms with van der Waals surface area (Å²) in [6, 6.07) is 15.4. The van der Waals surface area contributed by atoms with E-state index in [-0.39, 0.29) is 17.4 Å². The number of ether oxygens (including phenoxy) is 1. The number of hydrogen-bond donors (Lipinski definition) is 0. The number of nitrogens with zero attached hydrogens (tertiary/aromatic N) is 1. The van der Waals surface area contributed by atoms with Crippen molar-refractivity contribution >= 4 is 58.2 Å². The van der Waals surface area contributed by atoms with Gasteiger partial charge in [0.25, 0.3) is 11.1 Å². The molecule has 0 saturated carbocycles. The average molecular weight is 530 g/mol. The Morgan fingerprint density at radius 1 is 1.06 bits per heavy atom. The molecular weight excluding hydrogens is 509 g/mol. The largest absolute Gasteiger partial charge is 0.462 e. The summed E-state index contributed by atoms with van der Waals surface area (Å²) in [5, 5.41) is 0.360. The van der Waals surface area contributed by atoms with Crippen molar-refractivity contribution in [3.8, 4) is 11.3 Å². The lowest BCUT2D eigenvalue weighted by Gasteiger charge is -2.14. The van der Waals surface area contributed by atoms with Crippen LogP contribution in [-0.2, 0) is 16.1 Å². The van der Waals surface area contributed by atoms with Gasteiger partial charge in [0.1, 0.15) is 11.5 Å². The van der Waals surface area contributed by atoms with Crippen LogP contribution in [0, 0.1) is 0 Å². The number of carbonyl (C=O) groups excluding carboxylic acids is 3. The van der Waals surface area contributed by atoms with Crippen LogP contribution in [0.1, 0.15) is 41.4 Å². The Morgan fingerprint density at radius 3 is 2.46 bits per heavy atom. The summed E-state index contributed by atoms with van der Waals surface area (Å²) < 4.78 is 11.1. The summed E-state index contributed by atoms with van der Waals surface area (Å²) in [7, 11) is 0. The fourth-order valence-electron chi connectivity index (χ4n) is 3.36. The predicted octanol–water partition coefficient (Wildman–Crippen LogP) is 7.45. The number of benzene rings is 2. The van der Waals surface area contributed by atoms with Crippen molar-refractivity contribution in [3.63, 3.8) is 0 Å². The van der Waals surface area contributed by atoms with Gasteiger partial charge in [-0.1, -0.05) is 54.7 Å². The molecule has 4 rings (SSSR count). The molecule has 9 heteroatoms. The van der Waals surface area contributed by atoms with Crippen LogP contribution in [0.2, 0.25) is 10.0 Å². The number of imide groups is 1. The SMILES string of the molecule is CCCCOC(=O)c1ccc(-c2ccc(/C=C3/SC(=O)N(Cc4c(Cl)cccc4Cl)C3=O)o2)cc1. The Morgan fingerprint density at radius 2 is 1.77 bits per heavy atom. The highest BCUT2D eigenvalue weighted by atomic mass is 35.5. The van der Waals surface area contributed by atoms with Crippen molar-refractivity contribution < 1.29 is 23.5 Å². The first-order chi connectivity index (χ1) is 16.9. The highest BCUT2D eigenvalue weighted by Gasteiger charge is 2.36. The molecule has 0 spiro atoms. The molecule has 2 amide bonds. The molecule has 0 radical (unpaired) electrons. The summed E-state index contributed by atoms with van der Waals surface area (Å²) in [5.41, 5.74) is 1.73. The maximum atomic E-state index is 12.9. The Bertz CT molecular complexity index is 1280. The minimum Gasteiger partial charge on any atom is -0.462 e. The number of hydrogen-bond acceptors (Lipinski definition) is 6. The molecule has 0 N–H and O–H groups in total. The van der Waals surface area contributed by atoms with Crippen molar-refractivity contribution in [1.82, 2.24) is 4.90 Å². The predicted molar refractivity (Wildman–Crippen MR) is 137 cm³/mol. The molecule has 2 heterocycles. The van der Waals surface area contributed by atoms with Crippen LogP contribution in [0.25, 0.3) is 17.4 Å². The van der Waals surface area contributed by atoms with Gasteiger partial charge in [0.05, 0.1) is 23.6 Å². The third-order valence-electron chi connectivity index (χ3n) is 5.29. The van der Waals surface area contributed by atoms with Gasteiger partial charge >= 0.3 is 5.97 Å².